The molecule has 2 rings (SSSR count). The van der Waals surface area contributed by atoms with E-state index in [2.05, 4.69) is 5.32 Å². The van der Waals surface area contributed by atoms with Crippen molar-refractivity contribution in [2.75, 3.05) is 13.7 Å². The monoisotopic (exact) mass is 221 g/mol. The van der Waals surface area contributed by atoms with Gasteiger partial charge in [0.1, 0.15) is 5.75 Å². The predicted molar refractivity (Wildman–Crippen MR) is 63.6 cm³/mol. The van der Waals surface area contributed by atoms with E-state index in [1.807, 2.05) is 12.1 Å². The number of aromatic hydroxyl groups is 1. The van der Waals surface area contributed by atoms with Gasteiger partial charge in [-0.15, -0.1) is 0 Å². The third-order valence-corrected chi connectivity index (χ3v) is 3.21. The smallest absolute Gasteiger partial charge is 0.115 e. The van der Waals surface area contributed by atoms with E-state index >= 15 is 0 Å². The Labute approximate surface area is 96.4 Å². The van der Waals surface area contributed by atoms with E-state index < -0.39 is 0 Å². The molecular weight excluding hydrogens is 202 g/mol. The second-order valence-electron chi connectivity index (χ2n) is 4.40. The molecule has 0 aliphatic heterocycles. The fraction of sp³-hybridized carbons (Fsp3) is 0.538. The van der Waals surface area contributed by atoms with Crippen molar-refractivity contribution in [3.63, 3.8) is 0 Å². The predicted octanol–water partition coefficient (Wildman–Crippen LogP) is 1.70. The third-order valence-electron chi connectivity index (χ3n) is 3.21. The first-order valence-electron chi connectivity index (χ1n) is 5.82. The minimum Gasteiger partial charge on any atom is -0.508 e. The fourth-order valence-corrected chi connectivity index (χ4v) is 2.01. The minimum atomic E-state index is 0.332. The molecule has 16 heavy (non-hydrogen) atoms. The van der Waals surface area contributed by atoms with Gasteiger partial charge in [0.2, 0.25) is 0 Å². The summed E-state index contributed by atoms with van der Waals surface area (Å²) in [6.07, 6.45) is 3.73. The third kappa shape index (κ3) is 2.97. The van der Waals surface area contributed by atoms with Crippen molar-refractivity contribution in [2.45, 2.75) is 31.4 Å². The van der Waals surface area contributed by atoms with Gasteiger partial charge in [0, 0.05) is 13.2 Å². The lowest BCUT2D eigenvalue weighted by molar-refractivity contribution is 0.0177. The Morgan fingerprint density at radius 2 is 2.00 bits per heavy atom. The van der Waals surface area contributed by atoms with Crippen LogP contribution in [0.3, 0.4) is 0 Å². The summed E-state index contributed by atoms with van der Waals surface area (Å²) in [5.41, 5.74) is 1.26. The maximum absolute atomic E-state index is 9.14. The molecule has 1 aromatic rings. The first kappa shape index (κ1) is 11.4. The van der Waals surface area contributed by atoms with Crippen molar-refractivity contribution < 1.29 is 9.84 Å². The molecule has 0 spiro atoms. The van der Waals surface area contributed by atoms with Gasteiger partial charge < -0.3 is 15.2 Å². The Morgan fingerprint density at radius 3 is 2.62 bits per heavy atom. The summed E-state index contributed by atoms with van der Waals surface area (Å²) < 4.78 is 5.23. The van der Waals surface area contributed by atoms with Crippen LogP contribution in [-0.4, -0.2) is 30.9 Å². The number of methoxy groups -OCH3 is 1. The van der Waals surface area contributed by atoms with Crippen LogP contribution in [0.5, 0.6) is 5.75 Å². The number of ether oxygens (including phenoxy) is 1. The van der Waals surface area contributed by atoms with Crippen molar-refractivity contribution in [1.82, 2.24) is 5.32 Å². The maximum Gasteiger partial charge on any atom is 0.115 e. The van der Waals surface area contributed by atoms with Gasteiger partial charge in [-0.05, 0) is 43.5 Å². The molecule has 88 valence electrons. The SMILES string of the molecule is COC1CC(NCCc2ccc(O)cc2)C1. The highest BCUT2D eigenvalue weighted by molar-refractivity contribution is 5.25. The first-order valence-corrected chi connectivity index (χ1v) is 5.82. The van der Waals surface area contributed by atoms with Crippen LogP contribution >= 0.6 is 0 Å². The summed E-state index contributed by atoms with van der Waals surface area (Å²) in [5, 5.41) is 12.6. The zero-order valence-electron chi connectivity index (χ0n) is 9.65. The average molecular weight is 221 g/mol. The number of hydrogen-bond acceptors (Lipinski definition) is 3. The van der Waals surface area contributed by atoms with Gasteiger partial charge in [0.15, 0.2) is 0 Å². The first-order chi connectivity index (χ1) is 7.78. The summed E-state index contributed by atoms with van der Waals surface area (Å²) in [7, 11) is 1.78. The Hall–Kier alpha value is -1.06. The van der Waals surface area contributed by atoms with E-state index in [9.17, 15) is 0 Å². The van der Waals surface area contributed by atoms with Gasteiger partial charge in [-0.3, -0.25) is 0 Å². The van der Waals surface area contributed by atoms with E-state index in [-0.39, 0.29) is 0 Å². The molecule has 1 aliphatic rings. The van der Waals surface area contributed by atoms with Crippen LogP contribution in [0.25, 0.3) is 0 Å². The van der Waals surface area contributed by atoms with E-state index in [0.29, 0.717) is 17.9 Å². The molecular formula is C13H19NO2. The van der Waals surface area contributed by atoms with Crippen LogP contribution in [0.4, 0.5) is 0 Å². The van der Waals surface area contributed by atoms with Crippen molar-refractivity contribution in [3.05, 3.63) is 29.8 Å². The Balaban J connectivity index is 1.63. The lowest BCUT2D eigenvalue weighted by Crippen LogP contribution is -2.45. The topological polar surface area (TPSA) is 41.5 Å². The molecule has 0 radical (unpaired) electrons. The molecule has 0 unspecified atom stereocenters. The van der Waals surface area contributed by atoms with E-state index in [4.69, 9.17) is 9.84 Å². The maximum atomic E-state index is 9.14. The number of benzene rings is 1. The normalized spacial score (nSPS) is 24.1. The van der Waals surface area contributed by atoms with Crippen molar-refractivity contribution >= 4 is 0 Å². The Bertz CT molecular complexity index is 317. The Morgan fingerprint density at radius 1 is 1.31 bits per heavy atom. The molecule has 0 heterocycles. The second kappa shape index (κ2) is 5.32. The summed E-state index contributed by atoms with van der Waals surface area (Å²) in [5.74, 6) is 0.332. The lowest BCUT2D eigenvalue weighted by Gasteiger charge is -2.34. The van der Waals surface area contributed by atoms with E-state index in [1.54, 1.807) is 19.2 Å². The number of rotatable bonds is 5. The molecule has 2 N–H and O–H groups in total. The quantitative estimate of drug-likeness (QED) is 0.795. The summed E-state index contributed by atoms with van der Waals surface area (Å²) in [4.78, 5) is 0. The lowest BCUT2D eigenvalue weighted by atomic mass is 9.89. The van der Waals surface area contributed by atoms with Gasteiger partial charge in [0.25, 0.3) is 0 Å². The number of phenolic OH excluding ortho intramolecular Hbond substituents is 1. The van der Waals surface area contributed by atoms with E-state index in [1.165, 1.54) is 5.56 Å². The zero-order valence-corrected chi connectivity index (χ0v) is 9.65. The zero-order chi connectivity index (χ0) is 11.4. The summed E-state index contributed by atoms with van der Waals surface area (Å²) in [6.45, 7) is 0.992. The van der Waals surface area contributed by atoms with Crippen LogP contribution in [0.2, 0.25) is 0 Å². The van der Waals surface area contributed by atoms with E-state index in [0.717, 1.165) is 25.8 Å². The standard InChI is InChI=1S/C13H19NO2/c1-16-13-8-11(9-13)14-7-6-10-2-4-12(15)5-3-10/h2-5,11,13-15H,6-9H2,1H3. The molecule has 3 heteroatoms. The van der Waals surface area contributed by atoms with Crippen LogP contribution in [0.15, 0.2) is 24.3 Å². The number of hydrogen-bond donors (Lipinski definition) is 2. The molecule has 0 saturated heterocycles. The number of nitrogens with one attached hydrogen (secondary N) is 1. The molecule has 1 fully saturated rings. The second-order valence-corrected chi connectivity index (χ2v) is 4.40. The average Bonchev–Trinajstić information content (AvgIpc) is 2.24. The summed E-state index contributed by atoms with van der Waals surface area (Å²) in [6, 6.07) is 8.03. The van der Waals surface area contributed by atoms with Crippen molar-refractivity contribution in [1.29, 1.82) is 0 Å². The van der Waals surface area contributed by atoms with Crippen LogP contribution in [0.1, 0.15) is 18.4 Å². The molecule has 0 amide bonds. The van der Waals surface area contributed by atoms with Gasteiger partial charge in [-0.2, -0.15) is 0 Å². The minimum absolute atomic E-state index is 0.332. The van der Waals surface area contributed by atoms with Gasteiger partial charge in [-0.25, -0.2) is 0 Å². The molecule has 0 aromatic heterocycles. The molecule has 3 nitrogen and oxygen atoms in total. The van der Waals surface area contributed by atoms with Gasteiger partial charge in [-0.1, -0.05) is 12.1 Å². The van der Waals surface area contributed by atoms with Gasteiger partial charge in [0.05, 0.1) is 6.10 Å². The molecule has 1 aromatic carbocycles. The molecule has 1 aliphatic carbocycles. The molecule has 0 bridgehead atoms. The highest BCUT2D eigenvalue weighted by Crippen LogP contribution is 2.22. The van der Waals surface area contributed by atoms with Crippen LogP contribution in [0, 0.1) is 0 Å². The molecule has 0 atom stereocenters. The molecule has 1 saturated carbocycles. The van der Waals surface area contributed by atoms with Gasteiger partial charge >= 0.3 is 0 Å². The summed E-state index contributed by atoms with van der Waals surface area (Å²) >= 11 is 0. The van der Waals surface area contributed by atoms with Crippen molar-refractivity contribution in [2.24, 2.45) is 0 Å². The van der Waals surface area contributed by atoms with Crippen LogP contribution in [-0.2, 0) is 11.2 Å². The van der Waals surface area contributed by atoms with Crippen molar-refractivity contribution in [3.8, 4) is 5.75 Å². The largest absolute Gasteiger partial charge is 0.508 e. The highest BCUT2D eigenvalue weighted by Gasteiger charge is 2.27. The van der Waals surface area contributed by atoms with Crippen LogP contribution < -0.4 is 5.32 Å². The fourth-order valence-electron chi connectivity index (χ4n) is 2.01. The highest BCUT2D eigenvalue weighted by atomic mass is 16.5. The number of phenols is 1. The Kier molecular flexibility index (Phi) is 3.80.